The van der Waals surface area contributed by atoms with Crippen LogP contribution in [-0.4, -0.2) is 29.3 Å². The van der Waals surface area contributed by atoms with Gasteiger partial charge in [0.15, 0.2) is 18.1 Å². The van der Waals surface area contributed by atoms with Gasteiger partial charge in [0.1, 0.15) is 13.2 Å². The zero-order chi connectivity index (χ0) is 17.9. The van der Waals surface area contributed by atoms with E-state index in [1.54, 1.807) is 36.4 Å². The predicted octanol–water partition coefficient (Wildman–Crippen LogP) is 3.52. The van der Waals surface area contributed by atoms with Crippen LogP contribution < -0.4 is 9.47 Å². The average Bonchev–Trinajstić information content (AvgIpc) is 3.15. The fraction of sp³-hybridized carbons (Fsp3) is 0.167. The number of ether oxygens (including phenoxy) is 3. The van der Waals surface area contributed by atoms with Crippen molar-refractivity contribution in [3.63, 3.8) is 0 Å². The fourth-order valence-corrected chi connectivity index (χ4v) is 2.66. The molecule has 0 amide bonds. The SMILES string of the molecule is O=C(OCc1noc(-c2ccccc2Cl)n1)c1ccc2c(c1)OCCO2. The summed E-state index contributed by atoms with van der Waals surface area (Å²) in [5.74, 6) is 1.11. The van der Waals surface area contributed by atoms with Crippen LogP contribution in [0.4, 0.5) is 0 Å². The van der Waals surface area contributed by atoms with Crippen molar-refractivity contribution in [1.82, 2.24) is 10.1 Å². The van der Waals surface area contributed by atoms with Crippen molar-refractivity contribution in [2.45, 2.75) is 6.61 Å². The van der Waals surface area contributed by atoms with E-state index in [0.717, 1.165) is 0 Å². The lowest BCUT2D eigenvalue weighted by atomic mass is 10.2. The van der Waals surface area contributed by atoms with E-state index in [2.05, 4.69) is 10.1 Å². The van der Waals surface area contributed by atoms with E-state index in [-0.39, 0.29) is 18.3 Å². The van der Waals surface area contributed by atoms with Crippen LogP contribution in [0.1, 0.15) is 16.2 Å². The van der Waals surface area contributed by atoms with Crippen molar-refractivity contribution in [2.75, 3.05) is 13.2 Å². The molecule has 2 heterocycles. The van der Waals surface area contributed by atoms with E-state index in [1.165, 1.54) is 0 Å². The molecule has 0 saturated heterocycles. The summed E-state index contributed by atoms with van der Waals surface area (Å²) in [6, 6.07) is 12.0. The number of nitrogens with zero attached hydrogens (tertiary/aromatic N) is 2. The maximum absolute atomic E-state index is 12.2. The molecule has 0 unspecified atom stereocenters. The Hall–Kier alpha value is -3.06. The summed E-state index contributed by atoms with van der Waals surface area (Å²) >= 11 is 6.10. The number of hydrogen-bond acceptors (Lipinski definition) is 7. The summed E-state index contributed by atoms with van der Waals surface area (Å²) in [5.41, 5.74) is 0.968. The van der Waals surface area contributed by atoms with Crippen molar-refractivity contribution >= 4 is 17.6 Å². The molecule has 26 heavy (non-hydrogen) atoms. The Morgan fingerprint density at radius 1 is 1.12 bits per heavy atom. The molecule has 0 saturated carbocycles. The number of fused-ring (bicyclic) bond motifs is 1. The number of halogens is 1. The third-order valence-electron chi connectivity index (χ3n) is 3.68. The number of hydrogen-bond donors (Lipinski definition) is 0. The second kappa shape index (κ2) is 7.05. The van der Waals surface area contributed by atoms with Gasteiger partial charge in [0.05, 0.1) is 16.1 Å². The van der Waals surface area contributed by atoms with Gasteiger partial charge in [-0.2, -0.15) is 4.98 Å². The van der Waals surface area contributed by atoms with Gasteiger partial charge in [-0.3, -0.25) is 0 Å². The fourth-order valence-electron chi connectivity index (χ4n) is 2.44. The first-order valence-electron chi connectivity index (χ1n) is 7.85. The van der Waals surface area contributed by atoms with Crippen LogP contribution in [0.25, 0.3) is 11.5 Å². The Balaban J connectivity index is 1.43. The van der Waals surface area contributed by atoms with Crippen LogP contribution in [0, 0.1) is 0 Å². The van der Waals surface area contributed by atoms with E-state index in [9.17, 15) is 4.79 Å². The maximum Gasteiger partial charge on any atom is 0.338 e. The normalized spacial score (nSPS) is 12.7. The summed E-state index contributed by atoms with van der Waals surface area (Å²) in [6.45, 7) is 0.808. The molecular formula is C18H13ClN2O5. The van der Waals surface area contributed by atoms with Gasteiger partial charge in [0.2, 0.25) is 5.82 Å². The van der Waals surface area contributed by atoms with E-state index >= 15 is 0 Å². The van der Waals surface area contributed by atoms with Gasteiger partial charge in [-0.25, -0.2) is 4.79 Å². The molecule has 3 aromatic rings. The van der Waals surface area contributed by atoms with Crippen molar-refractivity contribution < 1.29 is 23.5 Å². The molecule has 1 aliphatic heterocycles. The maximum atomic E-state index is 12.2. The Kier molecular flexibility index (Phi) is 4.45. The summed E-state index contributed by atoms with van der Waals surface area (Å²) < 4.78 is 21.3. The topological polar surface area (TPSA) is 83.7 Å². The standard InChI is InChI=1S/C18H13ClN2O5/c19-13-4-2-1-3-12(13)17-20-16(21-26-17)10-25-18(22)11-5-6-14-15(9-11)24-8-7-23-14/h1-6,9H,7-8,10H2. The molecule has 1 aromatic heterocycles. The van der Waals surface area contributed by atoms with Crippen molar-refractivity contribution in [2.24, 2.45) is 0 Å². The Bertz CT molecular complexity index is 956. The zero-order valence-electron chi connectivity index (χ0n) is 13.5. The molecule has 132 valence electrons. The Morgan fingerprint density at radius 2 is 1.92 bits per heavy atom. The highest BCUT2D eigenvalue weighted by molar-refractivity contribution is 6.33. The van der Waals surface area contributed by atoms with E-state index in [0.29, 0.717) is 40.9 Å². The third-order valence-corrected chi connectivity index (χ3v) is 4.01. The molecule has 0 atom stereocenters. The lowest BCUT2D eigenvalue weighted by molar-refractivity contribution is 0.0458. The van der Waals surface area contributed by atoms with Gasteiger partial charge < -0.3 is 18.7 Å². The Labute approximate surface area is 153 Å². The monoisotopic (exact) mass is 372 g/mol. The molecule has 0 spiro atoms. The minimum atomic E-state index is -0.522. The molecular weight excluding hydrogens is 360 g/mol. The second-order valence-electron chi connectivity index (χ2n) is 5.43. The molecule has 7 nitrogen and oxygen atoms in total. The number of aromatic nitrogens is 2. The first-order valence-corrected chi connectivity index (χ1v) is 8.23. The van der Waals surface area contributed by atoms with Crippen LogP contribution in [0.3, 0.4) is 0 Å². The van der Waals surface area contributed by atoms with Crippen LogP contribution in [-0.2, 0) is 11.3 Å². The summed E-state index contributed by atoms with van der Waals surface area (Å²) in [7, 11) is 0. The van der Waals surface area contributed by atoms with Gasteiger partial charge in [0.25, 0.3) is 5.89 Å². The number of rotatable bonds is 4. The third kappa shape index (κ3) is 3.34. The molecule has 0 radical (unpaired) electrons. The molecule has 2 aromatic carbocycles. The molecule has 0 aliphatic carbocycles. The quantitative estimate of drug-likeness (QED) is 0.648. The lowest BCUT2D eigenvalue weighted by Gasteiger charge is -2.18. The van der Waals surface area contributed by atoms with Crippen molar-refractivity contribution in [3.05, 3.63) is 58.9 Å². The van der Waals surface area contributed by atoms with Gasteiger partial charge >= 0.3 is 5.97 Å². The number of benzene rings is 2. The van der Waals surface area contributed by atoms with Crippen LogP contribution in [0.15, 0.2) is 47.0 Å². The van der Waals surface area contributed by atoms with E-state index < -0.39 is 5.97 Å². The number of esters is 1. The summed E-state index contributed by atoms with van der Waals surface area (Å²) in [4.78, 5) is 16.4. The van der Waals surface area contributed by atoms with Gasteiger partial charge in [-0.1, -0.05) is 28.9 Å². The summed E-state index contributed by atoms with van der Waals surface area (Å²) in [5, 5.41) is 4.30. The molecule has 0 N–H and O–H groups in total. The average molecular weight is 373 g/mol. The smallest absolute Gasteiger partial charge is 0.338 e. The largest absolute Gasteiger partial charge is 0.486 e. The minimum Gasteiger partial charge on any atom is -0.486 e. The van der Waals surface area contributed by atoms with E-state index in [1.807, 2.05) is 6.07 Å². The number of carbonyl (C=O) groups excluding carboxylic acids is 1. The van der Waals surface area contributed by atoms with Gasteiger partial charge in [0, 0.05) is 0 Å². The minimum absolute atomic E-state index is 0.124. The van der Waals surface area contributed by atoms with Crippen molar-refractivity contribution in [3.8, 4) is 23.0 Å². The first-order chi connectivity index (χ1) is 12.7. The molecule has 0 bridgehead atoms. The van der Waals surface area contributed by atoms with Gasteiger partial charge in [-0.15, -0.1) is 0 Å². The highest BCUT2D eigenvalue weighted by Crippen LogP contribution is 2.31. The zero-order valence-corrected chi connectivity index (χ0v) is 14.2. The Morgan fingerprint density at radius 3 is 2.77 bits per heavy atom. The van der Waals surface area contributed by atoms with Crippen molar-refractivity contribution in [1.29, 1.82) is 0 Å². The predicted molar refractivity (Wildman–Crippen MR) is 91.3 cm³/mol. The highest BCUT2D eigenvalue weighted by atomic mass is 35.5. The highest BCUT2D eigenvalue weighted by Gasteiger charge is 2.17. The van der Waals surface area contributed by atoms with Crippen LogP contribution >= 0.6 is 11.6 Å². The van der Waals surface area contributed by atoms with Crippen LogP contribution in [0.5, 0.6) is 11.5 Å². The molecule has 0 fully saturated rings. The van der Waals surface area contributed by atoms with E-state index in [4.69, 9.17) is 30.3 Å². The lowest BCUT2D eigenvalue weighted by Crippen LogP contribution is -2.16. The number of carbonyl (C=O) groups is 1. The van der Waals surface area contributed by atoms with Crippen LogP contribution in [0.2, 0.25) is 5.02 Å². The van der Waals surface area contributed by atoms with Gasteiger partial charge in [-0.05, 0) is 30.3 Å². The first kappa shape index (κ1) is 16.4. The summed E-state index contributed by atoms with van der Waals surface area (Å²) in [6.07, 6.45) is 0. The molecule has 1 aliphatic rings. The molecule has 8 heteroatoms. The molecule has 4 rings (SSSR count). The second-order valence-corrected chi connectivity index (χ2v) is 5.84.